The maximum Gasteiger partial charge on any atom is 0.240 e. The number of fused-ring (bicyclic) bond motifs is 2. The highest BCUT2D eigenvalue weighted by Crippen LogP contribution is 2.25. The van der Waals surface area contributed by atoms with Gasteiger partial charge in [-0.3, -0.25) is 14.4 Å². The van der Waals surface area contributed by atoms with Crippen molar-refractivity contribution in [2.24, 2.45) is 0 Å². The van der Waals surface area contributed by atoms with Crippen molar-refractivity contribution < 1.29 is 4.79 Å². The molecule has 0 spiro atoms. The maximum atomic E-state index is 13.4. The van der Waals surface area contributed by atoms with Gasteiger partial charge in [-0.05, 0) is 36.6 Å². The summed E-state index contributed by atoms with van der Waals surface area (Å²) in [4.78, 5) is 17.6. The van der Waals surface area contributed by atoms with Crippen LogP contribution < -0.4 is 0 Å². The minimum absolute atomic E-state index is 0.111. The number of amides is 1. The zero-order valence-electron chi connectivity index (χ0n) is 15.1. The van der Waals surface area contributed by atoms with Crippen LogP contribution in [-0.4, -0.2) is 44.6 Å². The van der Waals surface area contributed by atoms with Crippen molar-refractivity contribution in [2.75, 3.05) is 13.1 Å². The number of nitriles is 1. The molecule has 0 N–H and O–H groups in total. The van der Waals surface area contributed by atoms with E-state index in [0.29, 0.717) is 12.2 Å². The van der Waals surface area contributed by atoms with Crippen molar-refractivity contribution in [2.45, 2.75) is 45.4 Å². The lowest BCUT2D eigenvalue weighted by Gasteiger charge is -2.37. The third-order valence-electron chi connectivity index (χ3n) is 5.48. The summed E-state index contributed by atoms with van der Waals surface area (Å²) in [6.45, 7) is 5.82. The fourth-order valence-electron chi connectivity index (χ4n) is 4.07. The molecule has 1 unspecified atom stereocenters. The van der Waals surface area contributed by atoms with Gasteiger partial charge >= 0.3 is 0 Å². The van der Waals surface area contributed by atoms with Crippen LogP contribution in [0.25, 0.3) is 0 Å². The Balaban J connectivity index is 1.57. The summed E-state index contributed by atoms with van der Waals surface area (Å²) in [6, 6.07) is 12.2. The van der Waals surface area contributed by atoms with Crippen LogP contribution in [0.1, 0.15) is 35.9 Å². The number of carbonyl (C=O) groups is 1. The summed E-state index contributed by atoms with van der Waals surface area (Å²) in [7, 11) is 0. The molecular weight excluding hydrogens is 326 g/mol. The minimum atomic E-state index is -0.111. The lowest BCUT2D eigenvalue weighted by molar-refractivity contribution is -0.138. The predicted octanol–water partition coefficient (Wildman–Crippen LogP) is 1.93. The molecule has 1 amide bonds. The first-order valence-corrected chi connectivity index (χ1v) is 9.26. The van der Waals surface area contributed by atoms with Crippen LogP contribution >= 0.6 is 0 Å². The minimum Gasteiger partial charge on any atom is -0.335 e. The molecule has 6 nitrogen and oxygen atoms in total. The van der Waals surface area contributed by atoms with Crippen LogP contribution in [0.2, 0.25) is 0 Å². The SMILES string of the molecule is CCN1Cc2ccccc2CC1C(=O)N1CCCn2nc(C#N)cc2C1. The number of rotatable bonds is 2. The molecule has 2 aliphatic heterocycles. The molecule has 1 aromatic carbocycles. The Labute approximate surface area is 153 Å². The zero-order chi connectivity index (χ0) is 18.1. The molecule has 2 aliphatic rings. The van der Waals surface area contributed by atoms with Gasteiger partial charge in [-0.25, -0.2) is 0 Å². The number of aromatic nitrogens is 2. The van der Waals surface area contributed by atoms with Gasteiger partial charge in [0.15, 0.2) is 5.69 Å². The van der Waals surface area contributed by atoms with Crippen LogP contribution in [0, 0.1) is 11.3 Å². The molecule has 6 heteroatoms. The van der Waals surface area contributed by atoms with E-state index in [0.717, 1.165) is 44.7 Å². The van der Waals surface area contributed by atoms with Crippen LogP contribution in [0.3, 0.4) is 0 Å². The predicted molar refractivity (Wildman–Crippen MR) is 97.0 cm³/mol. The average molecular weight is 349 g/mol. The quantitative estimate of drug-likeness (QED) is 0.831. The molecule has 134 valence electrons. The van der Waals surface area contributed by atoms with E-state index in [1.165, 1.54) is 11.1 Å². The summed E-state index contributed by atoms with van der Waals surface area (Å²) in [5, 5.41) is 13.4. The topological polar surface area (TPSA) is 65.2 Å². The first-order valence-electron chi connectivity index (χ1n) is 9.26. The Morgan fingerprint density at radius 1 is 1.27 bits per heavy atom. The molecule has 0 aliphatic carbocycles. The molecule has 0 saturated heterocycles. The van der Waals surface area contributed by atoms with Crippen molar-refractivity contribution in [3.8, 4) is 6.07 Å². The Kier molecular flexibility index (Phi) is 4.48. The number of likely N-dealkylation sites (N-methyl/N-ethyl adjacent to an activating group) is 1. The van der Waals surface area contributed by atoms with Gasteiger partial charge in [0.2, 0.25) is 5.91 Å². The second-order valence-corrected chi connectivity index (χ2v) is 7.02. The molecular formula is C20H23N5O. The number of aryl methyl sites for hydroxylation is 1. The highest BCUT2D eigenvalue weighted by atomic mass is 16.2. The van der Waals surface area contributed by atoms with E-state index < -0.39 is 0 Å². The number of hydrogen-bond acceptors (Lipinski definition) is 4. The molecule has 26 heavy (non-hydrogen) atoms. The van der Waals surface area contributed by atoms with E-state index >= 15 is 0 Å². The van der Waals surface area contributed by atoms with E-state index in [9.17, 15) is 4.79 Å². The second kappa shape index (κ2) is 6.93. The molecule has 2 aromatic rings. The maximum absolute atomic E-state index is 13.4. The third-order valence-corrected chi connectivity index (χ3v) is 5.48. The highest BCUT2D eigenvalue weighted by molar-refractivity contribution is 5.82. The van der Waals surface area contributed by atoms with E-state index in [-0.39, 0.29) is 11.9 Å². The van der Waals surface area contributed by atoms with Gasteiger partial charge < -0.3 is 4.90 Å². The zero-order valence-corrected chi connectivity index (χ0v) is 15.1. The van der Waals surface area contributed by atoms with E-state index in [1.54, 1.807) is 6.07 Å². The third kappa shape index (κ3) is 2.99. The summed E-state index contributed by atoms with van der Waals surface area (Å²) in [5.74, 6) is 0.189. The molecule has 1 aromatic heterocycles. The van der Waals surface area contributed by atoms with Gasteiger partial charge in [0.05, 0.1) is 18.3 Å². The fraction of sp³-hybridized carbons (Fsp3) is 0.450. The van der Waals surface area contributed by atoms with Gasteiger partial charge in [-0.2, -0.15) is 10.4 Å². The first kappa shape index (κ1) is 16.8. The Morgan fingerprint density at radius 3 is 2.85 bits per heavy atom. The van der Waals surface area contributed by atoms with E-state index in [4.69, 9.17) is 5.26 Å². The summed E-state index contributed by atoms with van der Waals surface area (Å²) < 4.78 is 1.87. The van der Waals surface area contributed by atoms with Crippen molar-refractivity contribution in [1.82, 2.24) is 19.6 Å². The van der Waals surface area contributed by atoms with Crippen LogP contribution in [-0.2, 0) is 30.8 Å². The number of carbonyl (C=O) groups excluding carboxylic acids is 1. The fourth-order valence-corrected chi connectivity index (χ4v) is 4.07. The average Bonchev–Trinajstić information content (AvgIpc) is 2.96. The van der Waals surface area contributed by atoms with Crippen LogP contribution in [0.4, 0.5) is 0 Å². The smallest absolute Gasteiger partial charge is 0.240 e. The number of nitrogens with zero attached hydrogens (tertiary/aromatic N) is 5. The van der Waals surface area contributed by atoms with Gasteiger partial charge in [0, 0.05) is 19.6 Å². The molecule has 0 saturated carbocycles. The largest absolute Gasteiger partial charge is 0.335 e. The highest BCUT2D eigenvalue weighted by Gasteiger charge is 2.34. The second-order valence-electron chi connectivity index (χ2n) is 7.02. The van der Waals surface area contributed by atoms with E-state index in [2.05, 4.69) is 47.3 Å². The molecule has 1 atom stereocenters. The van der Waals surface area contributed by atoms with Crippen LogP contribution in [0.15, 0.2) is 30.3 Å². The summed E-state index contributed by atoms with van der Waals surface area (Å²) in [5.41, 5.74) is 3.98. The molecule has 0 bridgehead atoms. The lowest BCUT2D eigenvalue weighted by Crippen LogP contribution is -2.51. The van der Waals surface area contributed by atoms with Crippen molar-refractivity contribution in [3.63, 3.8) is 0 Å². The summed E-state index contributed by atoms with van der Waals surface area (Å²) in [6.07, 6.45) is 1.63. The molecule has 0 radical (unpaired) electrons. The standard InChI is InChI=1S/C20H23N5O/c1-2-23-13-16-7-4-3-6-15(16)10-19(23)20(26)24-8-5-9-25-18(14-24)11-17(12-21)22-25/h3-4,6-7,11,19H,2,5,8-10,13-14H2,1H3. The Bertz CT molecular complexity index is 865. The molecule has 0 fully saturated rings. The van der Waals surface area contributed by atoms with Crippen molar-refractivity contribution in [3.05, 3.63) is 52.8 Å². The molecule has 3 heterocycles. The molecule has 4 rings (SSSR count). The van der Waals surface area contributed by atoms with Crippen molar-refractivity contribution in [1.29, 1.82) is 5.26 Å². The van der Waals surface area contributed by atoms with Gasteiger partial charge in [-0.1, -0.05) is 31.2 Å². The first-order chi connectivity index (χ1) is 12.7. The normalized spacial score (nSPS) is 20.0. The number of hydrogen-bond donors (Lipinski definition) is 0. The number of benzene rings is 1. The van der Waals surface area contributed by atoms with Gasteiger partial charge in [0.25, 0.3) is 0 Å². The lowest BCUT2D eigenvalue weighted by atomic mass is 9.93. The Hall–Kier alpha value is -2.65. The van der Waals surface area contributed by atoms with Crippen LogP contribution in [0.5, 0.6) is 0 Å². The summed E-state index contributed by atoms with van der Waals surface area (Å²) >= 11 is 0. The van der Waals surface area contributed by atoms with Crippen molar-refractivity contribution >= 4 is 5.91 Å². The van der Waals surface area contributed by atoms with E-state index in [1.807, 2.05) is 9.58 Å². The van der Waals surface area contributed by atoms with Gasteiger partial charge in [-0.15, -0.1) is 0 Å². The monoisotopic (exact) mass is 349 g/mol. The Morgan fingerprint density at radius 2 is 2.08 bits per heavy atom. The van der Waals surface area contributed by atoms with Gasteiger partial charge in [0.1, 0.15) is 6.07 Å².